The molecule has 148 valence electrons. The minimum atomic E-state index is 0.497. The summed E-state index contributed by atoms with van der Waals surface area (Å²) in [6, 6.07) is 21.3. The fourth-order valence-corrected chi connectivity index (χ4v) is 3.95. The highest BCUT2D eigenvalue weighted by Gasteiger charge is 2.19. The first-order chi connectivity index (χ1) is 14.7. The van der Waals surface area contributed by atoms with Gasteiger partial charge in [0.2, 0.25) is 5.95 Å². The number of para-hydroxylation sites is 1. The number of benzene rings is 2. The highest BCUT2D eigenvalue weighted by Crippen LogP contribution is 2.34. The fraction of sp³-hybridized carbons (Fsp3) is 0.130. The molecule has 4 rings (SSSR count). The van der Waals surface area contributed by atoms with Crippen molar-refractivity contribution < 1.29 is 0 Å². The van der Waals surface area contributed by atoms with E-state index in [1.54, 1.807) is 30.1 Å². The summed E-state index contributed by atoms with van der Waals surface area (Å²) < 4.78 is 1.96. The van der Waals surface area contributed by atoms with E-state index in [0.717, 1.165) is 39.1 Å². The van der Waals surface area contributed by atoms with Crippen molar-refractivity contribution in [3.05, 3.63) is 78.1 Å². The molecule has 0 atom stereocenters. The van der Waals surface area contributed by atoms with Crippen molar-refractivity contribution >= 4 is 23.4 Å². The van der Waals surface area contributed by atoms with E-state index in [2.05, 4.69) is 30.2 Å². The van der Waals surface area contributed by atoms with Gasteiger partial charge in [0.05, 0.1) is 34.3 Å². The maximum absolute atomic E-state index is 8.96. The zero-order valence-electron chi connectivity index (χ0n) is 16.7. The van der Waals surface area contributed by atoms with Crippen molar-refractivity contribution in [1.29, 1.82) is 5.26 Å². The Bertz CT molecular complexity index is 1190. The predicted octanol–water partition coefficient (Wildman–Crippen LogP) is 5.37. The van der Waals surface area contributed by atoms with E-state index in [1.807, 2.05) is 53.2 Å². The van der Waals surface area contributed by atoms with Crippen LogP contribution in [0.5, 0.6) is 0 Å². The molecule has 4 aromatic rings. The number of anilines is 2. The molecule has 0 unspecified atom stereocenters. The van der Waals surface area contributed by atoms with Gasteiger partial charge in [0.25, 0.3) is 0 Å². The molecule has 0 radical (unpaired) electrons. The number of nitrogens with one attached hydrogen (secondary N) is 1. The van der Waals surface area contributed by atoms with Crippen LogP contribution in [0.1, 0.15) is 18.2 Å². The van der Waals surface area contributed by atoms with Crippen LogP contribution >= 0.6 is 11.8 Å². The number of nitrogens with zero attached hydrogens (tertiary/aromatic N) is 5. The minimum Gasteiger partial charge on any atom is -0.324 e. The second-order valence-electron chi connectivity index (χ2n) is 6.53. The van der Waals surface area contributed by atoms with Crippen LogP contribution in [0.25, 0.3) is 16.9 Å². The Balaban J connectivity index is 1.72. The molecular formula is C23H20N6S. The van der Waals surface area contributed by atoms with E-state index in [9.17, 15) is 0 Å². The van der Waals surface area contributed by atoms with E-state index in [0.29, 0.717) is 11.5 Å². The Morgan fingerprint density at radius 2 is 1.83 bits per heavy atom. The second kappa shape index (κ2) is 8.80. The van der Waals surface area contributed by atoms with Crippen molar-refractivity contribution in [2.45, 2.75) is 18.9 Å². The lowest BCUT2D eigenvalue weighted by atomic mass is 10.2. The van der Waals surface area contributed by atoms with E-state index < -0.39 is 0 Å². The highest BCUT2D eigenvalue weighted by molar-refractivity contribution is 7.99. The summed E-state index contributed by atoms with van der Waals surface area (Å²) in [7, 11) is 0. The molecule has 2 heterocycles. The van der Waals surface area contributed by atoms with Gasteiger partial charge in [-0.25, -0.2) is 14.6 Å². The number of hydrogen-bond donors (Lipinski definition) is 1. The molecule has 0 amide bonds. The molecule has 0 saturated carbocycles. The predicted molar refractivity (Wildman–Crippen MR) is 120 cm³/mol. The smallest absolute Gasteiger partial charge is 0.227 e. The van der Waals surface area contributed by atoms with Crippen molar-refractivity contribution in [1.82, 2.24) is 19.7 Å². The van der Waals surface area contributed by atoms with Gasteiger partial charge in [-0.2, -0.15) is 10.4 Å². The molecule has 7 heteroatoms. The molecular weight excluding hydrogens is 392 g/mol. The average Bonchev–Trinajstić information content (AvgIpc) is 3.11. The summed E-state index contributed by atoms with van der Waals surface area (Å²) in [6.07, 6.45) is 1.74. The van der Waals surface area contributed by atoms with Crippen LogP contribution in [-0.4, -0.2) is 25.5 Å². The first-order valence-electron chi connectivity index (χ1n) is 9.58. The lowest BCUT2D eigenvalue weighted by Gasteiger charge is -2.08. The standard InChI is InChI=1S/C23H20N6S/c1-3-30-22-21(16(2)29(28-22)19-7-5-4-6-8-19)20-13-14-25-23(27-20)26-18-11-9-17(15-24)10-12-18/h4-14H,3H2,1-2H3,(H,25,26,27). The van der Waals surface area contributed by atoms with Gasteiger partial charge in [-0.15, -0.1) is 11.8 Å². The average molecular weight is 413 g/mol. The molecule has 1 N–H and O–H groups in total. The minimum absolute atomic E-state index is 0.497. The third-order valence-electron chi connectivity index (χ3n) is 4.55. The first-order valence-corrected chi connectivity index (χ1v) is 10.6. The fourth-order valence-electron chi connectivity index (χ4n) is 3.15. The number of hydrogen-bond acceptors (Lipinski definition) is 6. The van der Waals surface area contributed by atoms with Crippen molar-refractivity contribution in [2.75, 3.05) is 11.1 Å². The van der Waals surface area contributed by atoms with Crippen LogP contribution in [0.3, 0.4) is 0 Å². The molecule has 0 saturated heterocycles. The maximum Gasteiger partial charge on any atom is 0.227 e. The van der Waals surface area contributed by atoms with Crippen molar-refractivity contribution in [2.24, 2.45) is 0 Å². The number of aromatic nitrogens is 4. The van der Waals surface area contributed by atoms with E-state index in [4.69, 9.17) is 15.3 Å². The van der Waals surface area contributed by atoms with Crippen LogP contribution in [0.15, 0.2) is 71.9 Å². The lowest BCUT2D eigenvalue weighted by molar-refractivity contribution is 0.813. The summed E-state index contributed by atoms with van der Waals surface area (Å²) in [5.41, 5.74) is 5.31. The highest BCUT2D eigenvalue weighted by atomic mass is 32.2. The summed E-state index contributed by atoms with van der Waals surface area (Å²) in [4.78, 5) is 9.09. The molecule has 0 bridgehead atoms. The van der Waals surface area contributed by atoms with Crippen LogP contribution in [0, 0.1) is 18.3 Å². The van der Waals surface area contributed by atoms with Crippen LogP contribution in [0.2, 0.25) is 0 Å². The molecule has 6 nitrogen and oxygen atoms in total. The van der Waals surface area contributed by atoms with Crippen LogP contribution in [-0.2, 0) is 0 Å². The molecule has 2 aromatic carbocycles. The Morgan fingerprint density at radius 3 is 2.53 bits per heavy atom. The quantitative estimate of drug-likeness (QED) is 0.429. The Labute approximate surface area is 179 Å². The monoisotopic (exact) mass is 412 g/mol. The molecule has 0 aliphatic rings. The van der Waals surface area contributed by atoms with Gasteiger partial charge in [-0.05, 0) is 55.1 Å². The second-order valence-corrected chi connectivity index (χ2v) is 7.78. The van der Waals surface area contributed by atoms with Crippen LogP contribution < -0.4 is 5.32 Å². The molecule has 0 fully saturated rings. The third-order valence-corrected chi connectivity index (χ3v) is 5.40. The van der Waals surface area contributed by atoms with Crippen molar-refractivity contribution in [3.8, 4) is 23.0 Å². The molecule has 0 spiro atoms. The van der Waals surface area contributed by atoms with Gasteiger partial charge < -0.3 is 5.32 Å². The Hall–Kier alpha value is -3.63. The topological polar surface area (TPSA) is 79.4 Å². The Morgan fingerprint density at radius 1 is 1.07 bits per heavy atom. The molecule has 0 aliphatic heterocycles. The summed E-state index contributed by atoms with van der Waals surface area (Å²) >= 11 is 1.70. The molecule has 30 heavy (non-hydrogen) atoms. The number of thioether (sulfide) groups is 1. The zero-order chi connectivity index (χ0) is 20.9. The van der Waals surface area contributed by atoms with Crippen molar-refractivity contribution in [3.63, 3.8) is 0 Å². The van der Waals surface area contributed by atoms with Gasteiger partial charge in [-0.3, -0.25) is 0 Å². The van der Waals surface area contributed by atoms with E-state index >= 15 is 0 Å². The van der Waals surface area contributed by atoms with Gasteiger partial charge in [0.1, 0.15) is 5.03 Å². The van der Waals surface area contributed by atoms with E-state index in [-0.39, 0.29) is 0 Å². The third kappa shape index (κ3) is 4.04. The molecule has 2 aromatic heterocycles. The SMILES string of the molecule is CCSc1nn(-c2ccccc2)c(C)c1-c1ccnc(Nc2ccc(C#N)cc2)n1. The van der Waals surface area contributed by atoms with Gasteiger partial charge in [0.15, 0.2) is 0 Å². The van der Waals surface area contributed by atoms with Crippen LogP contribution in [0.4, 0.5) is 11.6 Å². The largest absolute Gasteiger partial charge is 0.324 e. The first kappa shape index (κ1) is 19.7. The zero-order valence-corrected chi connectivity index (χ0v) is 17.5. The number of nitriles is 1. The summed E-state index contributed by atoms with van der Waals surface area (Å²) in [5, 5.41) is 18.0. The van der Waals surface area contributed by atoms with Gasteiger partial charge >= 0.3 is 0 Å². The summed E-state index contributed by atoms with van der Waals surface area (Å²) in [6.45, 7) is 4.17. The normalized spacial score (nSPS) is 10.6. The van der Waals surface area contributed by atoms with Gasteiger partial charge in [0, 0.05) is 11.9 Å². The van der Waals surface area contributed by atoms with E-state index in [1.165, 1.54) is 0 Å². The maximum atomic E-state index is 8.96. The number of rotatable bonds is 6. The van der Waals surface area contributed by atoms with Gasteiger partial charge in [-0.1, -0.05) is 25.1 Å². The molecule has 0 aliphatic carbocycles. The lowest BCUT2D eigenvalue weighted by Crippen LogP contribution is -2.00. The summed E-state index contributed by atoms with van der Waals surface area (Å²) in [5.74, 6) is 1.41. The Kier molecular flexibility index (Phi) is 5.77.